The Labute approximate surface area is 191 Å². The van der Waals surface area contributed by atoms with Crippen molar-refractivity contribution in [2.24, 2.45) is 0 Å². The number of nitrogens with zero attached hydrogens (tertiary/aromatic N) is 2. The molecule has 34 heavy (non-hydrogen) atoms. The third-order valence-electron chi connectivity index (χ3n) is 5.60. The van der Waals surface area contributed by atoms with Crippen molar-refractivity contribution in [3.8, 4) is 17.1 Å². The molecule has 0 amide bonds. The second-order valence-electron chi connectivity index (χ2n) is 7.88. The number of hydrogen-bond acceptors (Lipinski definition) is 2. The van der Waals surface area contributed by atoms with Gasteiger partial charge in [-0.25, -0.2) is 22.5 Å². The van der Waals surface area contributed by atoms with Gasteiger partial charge in [-0.1, -0.05) is 36.4 Å². The smallest absolute Gasteiger partial charge is 0.278 e. The lowest BCUT2D eigenvalue weighted by atomic mass is 10.1. The Kier molecular flexibility index (Phi) is 5.49. The minimum absolute atomic E-state index is 0.0351. The van der Waals surface area contributed by atoms with E-state index in [1.807, 2.05) is 0 Å². The summed E-state index contributed by atoms with van der Waals surface area (Å²) in [5, 5.41) is 0. The fourth-order valence-corrected chi connectivity index (χ4v) is 3.89. The van der Waals surface area contributed by atoms with E-state index in [9.17, 15) is 22.4 Å². The molecule has 0 saturated heterocycles. The first kappa shape index (κ1) is 21.6. The van der Waals surface area contributed by atoms with Gasteiger partial charge in [-0.05, 0) is 41.5 Å². The van der Waals surface area contributed by atoms with Crippen LogP contribution in [0.1, 0.15) is 22.5 Å². The molecule has 2 heterocycles. The summed E-state index contributed by atoms with van der Waals surface area (Å²) in [7, 11) is 0. The third kappa shape index (κ3) is 3.98. The van der Waals surface area contributed by atoms with Gasteiger partial charge in [0.2, 0.25) is 0 Å². The lowest BCUT2D eigenvalue weighted by molar-refractivity contribution is 0.511. The molecule has 4 nitrogen and oxygen atoms in total. The second kappa shape index (κ2) is 8.62. The molecule has 0 spiro atoms. The van der Waals surface area contributed by atoms with Crippen LogP contribution in [0, 0.1) is 23.3 Å². The van der Waals surface area contributed by atoms with Crippen LogP contribution in [-0.2, 0) is 12.8 Å². The molecular weight excluding hydrogens is 446 g/mol. The highest BCUT2D eigenvalue weighted by atomic mass is 19.2. The molecule has 0 atom stereocenters. The molecular formula is C26H17F4N3O. The van der Waals surface area contributed by atoms with Gasteiger partial charge in [0.05, 0.1) is 11.4 Å². The van der Waals surface area contributed by atoms with Crippen molar-refractivity contribution in [1.29, 1.82) is 0 Å². The minimum atomic E-state index is -1.07. The Morgan fingerprint density at radius 1 is 0.824 bits per heavy atom. The largest absolute Gasteiger partial charge is 0.354 e. The maximum Gasteiger partial charge on any atom is 0.278 e. The van der Waals surface area contributed by atoms with E-state index in [0.717, 1.165) is 6.07 Å². The molecule has 0 bridgehead atoms. The Morgan fingerprint density at radius 2 is 1.56 bits per heavy atom. The Hall–Kier alpha value is -4.20. The van der Waals surface area contributed by atoms with Gasteiger partial charge in [0, 0.05) is 24.6 Å². The quantitative estimate of drug-likeness (QED) is 0.355. The van der Waals surface area contributed by atoms with Crippen LogP contribution >= 0.6 is 0 Å². The first-order chi connectivity index (χ1) is 16.4. The molecule has 1 N–H and O–H groups in total. The standard InChI is InChI=1S/C26H17F4N3O/c27-17-10-8-15(9-11-17)12-22-26(34)33-14-23(18-5-3-7-20(29)24(18)30)31-21(25(33)32-22)13-16-4-1-2-6-19(16)28/h1-11,14,31H,12-13H2. The van der Waals surface area contributed by atoms with E-state index < -0.39 is 28.8 Å². The topological polar surface area (TPSA) is 50.7 Å². The van der Waals surface area contributed by atoms with E-state index in [4.69, 9.17) is 0 Å². The summed E-state index contributed by atoms with van der Waals surface area (Å²) in [6.45, 7) is 0. The maximum atomic E-state index is 14.5. The highest BCUT2D eigenvalue weighted by molar-refractivity contribution is 5.61. The lowest BCUT2D eigenvalue weighted by Crippen LogP contribution is -2.18. The zero-order chi connectivity index (χ0) is 23.8. The average molecular weight is 463 g/mol. The van der Waals surface area contributed by atoms with E-state index in [-0.39, 0.29) is 35.6 Å². The van der Waals surface area contributed by atoms with Crippen molar-refractivity contribution in [3.63, 3.8) is 0 Å². The van der Waals surface area contributed by atoms with Crippen LogP contribution in [-0.4, -0.2) is 14.5 Å². The van der Waals surface area contributed by atoms with Gasteiger partial charge < -0.3 is 4.98 Å². The van der Waals surface area contributed by atoms with Crippen LogP contribution < -0.4 is 5.56 Å². The summed E-state index contributed by atoms with van der Waals surface area (Å²) in [6, 6.07) is 15.6. The van der Waals surface area contributed by atoms with Crippen molar-refractivity contribution in [2.45, 2.75) is 12.8 Å². The number of rotatable bonds is 5. The van der Waals surface area contributed by atoms with Gasteiger partial charge in [0.25, 0.3) is 5.56 Å². The van der Waals surface area contributed by atoms with Crippen LogP contribution in [0.5, 0.6) is 0 Å². The van der Waals surface area contributed by atoms with E-state index in [2.05, 4.69) is 9.97 Å². The maximum absolute atomic E-state index is 14.5. The number of imidazole rings is 1. The molecule has 0 fully saturated rings. The van der Waals surface area contributed by atoms with Gasteiger partial charge in [-0.15, -0.1) is 0 Å². The number of halogens is 4. The molecule has 170 valence electrons. The Bertz CT molecular complexity index is 1520. The minimum Gasteiger partial charge on any atom is -0.354 e. The highest BCUT2D eigenvalue weighted by Gasteiger charge is 2.22. The van der Waals surface area contributed by atoms with Crippen LogP contribution in [0.3, 0.4) is 0 Å². The predicted molar refractivity (Wildman–Crippen MR) is 119 cm³/mol. The molecule has 2 aliphatic heterocycles. The van der Waals surface area contributed by atoms with Crippen molar-refractivity contribution < 1.29 is 17.6 Å². The van der Waals surface area contributed by atoms with Gasteiger partial charge in [-0.2, -0.15) is 0 Å². The number of hydrogen-bond donors (Lipinski definition) is 1. The number of aromatic nitrogens is 3. The van der Waals surface area contributed by atoms with E-state index in [1.165, 1.54) is 41.1 Å². The normalized spacial score (nSPS) is 11.3. The van der Waals surface area contributed by atoms with Crippen LogP contribution in [0.4, 0.5) is 17.6 Å². The van der Waals surface area contributed by atoms with Crippen molar-refractivity contribution in [3.05, 3.63) is 129 Å². The highest BCUT2D eigenvalue weighted by Crippen LogP contribution is 2.27. The van der Waals surface area contributed by atoms with Gasteiger partial charge in [-0.3, -0.25) is 9.36 Å². The Balaban J connectivity index is 1.68. The zero-order valence-corrected chi connectivity index (χ0v) is 17.7. The molecule has 0 aromatic heterocycles. The van der Waals surface area contributed by atoms with Gasteiger partial charge >= 0.3 is 0 Å². The van der Waals surface area contributed by atoms with E-state index in [1.54, 1.807) is 30.3 Å². The monoisotopic (exact) mass is 463 g/mol. The van der Waals surface area contributed by atoms with E-state index in [0.29, 0.717) is 16.8 Å². The molecule has 0 aliphatic carbocycles. The lowest BCUT2D eigenvalue weighted by Gasteiger charge is -2.14. The van der Waals surface area contributed by atoms with Crippen molar-refractivity contribution in [1.82, 2.24) is 14.5 Å². The molecule has 0 radical (unpaired) electrons. The first-order valence-electron chi connectivity index (χ1n) is 10.5. The molecule has 0 saturated carbocycles. The van der Waals surface area contributed by atoms with Crippen molar-refractivity contribution in [2.75, 3.05) is 0 Å². The van der Waals surface area contributed by atoms with Crippen molar-refractivity contribution >= 4 is 0 Å². The second-order valence-corrected chi connectivity index (χ2v) is 7.88. The first-order valence-corrected chi connectivity index (χ1v) is 10.5. The number of benzene rings is 3. The summed E-state index contributed by atoms with van der Waals surface area (Å²) in [6.07, 6.45) is 1.53. The number of aromatic amines is 1. The zero-order valence-electron chi connectivity index (χ0n) is 17.7. The molecule has 5 rings (SSSR count). The summed E-state index contributed by atoms with van der Waals surface area (Å²) >= 11 is 0. The third-order valence-corrected chi connectivity index (χ3v) is 5.60. The van der Waals surface area contributed by atoms with E-state index >= 15 is 0 Å². The van der Waals surface area contributed by atoms with Crippen LogP contribution in [0.2, 0.25) is 0 Å². The number of nitrogens with one attached hydrogen (secondary N) is 1. The van der Waals surface area contributed by atoms with Crippen LogP contribution in [0.25, 0.3) is 17.1 Å². The Morgan fingerprint density at radius 3 is 2.32 bits per heavy atom. The van der Waals surface area contributed by atoms with Gasteiger partial charge in [0.15, 0.2) is 17.5 Å². The average Bonchev–Trinajstić information content (AvgIpc) is 3.14. The summed E-state index contributed by atoms with van der Waals surface area (Å²) in [5.41, 5.74) is 1.16. The fraction of sp³-hybridized carbons (Fsp3) is 0.0769. The SMILES string of the molecule is O=c1c(Cc2ccc(F)cc2)nc2c(Cc3ccccc3F)[nH]c(-c3cccc(F)c3F)cn1-2. The number of fused-ring (bicyclic) bond motifs is 1. The summed E-state index contributed by atoms with van der Waals surface area (Å²) < 4.78 is 57.3. The number of H-pyrrole nitrogens is 1. The summed E-state index contributed by atoms with van der Waals surface area (Å²) in [4.78, 5) is 20.7. The predicted octanol–water partition coefficient (Wildman–Crippen LogP) is 5.40. The molecule has 3 aromatic carbocycles. The fourth-order valence-electron chi connectivity index (χ4n) is 3.89. The molecule has 2 aliphatic rings. The van der Waals surface area contributed by atoms with Crippen LogP contribution in [0.15, 0.2) is 77.7 Å². The summed E-state index contributed by atoms with van der Waals surface area (Å²) in [5.74, 6) is -2.71. The molecule has 8 heteroatoms. The van der Waals surface area contributed by atoms with Gasteiger partial charge in [0.1, 0.15) is 17.3 Å². The molecule has 3 aromatic rings. The molecule has 0 unspecified atom stereocenters.